The molecular formula is C5H12O5S. The fraction of sp³-hybridized carbons (Fsp3) is 1.00. The monoisotopic (exact) mass is 184 g/mol. The highest BCUT2D eigenvalue weighted by molar-refractivity contribution is 7.86. The topological polar surface area (TPSA) is 72.8 Å². The molecule has 0 saturated heterocycles. The lowest BCUT2D eigenvalue weighted by atomic mass is 10.7. The van der Waals surface area contributed by atoms with E-state index in [4.69, 9.17) is 9.29 Å². The Kier molecular flexibility index (Phi) is 3.95. The van der Waals surface area contributed by atoms with Gasteiger partial charge in [0.05, 0.1) is 0 Å². The first-order valence-electron chi connectivity index (χ1n) is 3.02. The molecule has 0 aliphatic rings. The highest BCUT2D eigenvalue weighted by Gasteiger charge is 2.19. The lowest BCUT2D eigenvalue weighted by molar-refractivity contribution is -0.119. The maximum Gasteiger partial charge on any atom is 0.292 e. The van der Waals surface area contributed by atoms with Crippen molar-refractivity contribution in [2.24, 2.45) is 0 Å². The summed E-state index contributed by atoms with van der Waals surface area (Å²) in [7, 11) is -2.73. The summed E-state index contributed by atoms with van der Waals surface area (Å²) in [6.07, 6.45) is -0.646. The van der Waals surface area contributed by atoms with Crippen LogP contribution < -0.4 is 0 Å². The predicted molar refractivity (Wildman–Crippen MR) is 38.6 cm³/mol. The van der Waals surface area contributed by atoms with Crippen molar-refractivity contribution in [3.05, 3.63) is 0 Å². The highest BCUT2D eigenvalue weighted by atomic mass is 32.2. The average Bonchev–Trinajstić information content (AvgIpc) is 1.85. The molecule has 0 heterocycles. The Balaban J connectivity index is 3.98. The summed E-state index contributed by atoms with van der Waals surface area (Å²) in [6.45, 7) is 2.76. The van der Waals surface area contributed by atoms with Crippen molar-refractivity contribution in [3.8, 4) is 0 Å². The van der Waals surface area contributed by atoms with Gasteiger partial charge in [0.15, 0.2) is 11.7 Å². The lowest BCUT2D eigenvalue weighted by Crippen LogP contribution is -2.25. The first kappa shape index (κ1) is 10.8. The van der Waals surface area contributed by atoms with Crippen LogP contribution in [0.15, 0.2) is 0 Å². The summed E-state index contributed by atoms with van der Waals surface area (Å²) in [4.78, 5) is 0. The molecule has 0 spiro atoms. The third-order valence-electron chi connectivity index (χ3n) is 1.13. The van der Waals surface area contributed by atoms with Gasteiger partial charge in [-0.15, -0.1) is 0 Å². The molecule has 0 aromatic heterocycles. The summed E-state index contributed by atoms with van der Waals surface area (Å²) in [5.74, 6) is 0. The molecule has 0 bridgehead atoms. The summed E-state index contributed by atoms with van der Waals surface area (Å²) < 4.78 is 38.5. The molecule has 0 aromatic rings. The van der Waals surface area contributed by atoms with Crippen LogP contribution in [0.25, 0.3) is 0 Å². The van der Waals surface area contributed by atoms with Crippen molar-refractivity contribution in [2.75, 3.05) is 7.11 Å². The van der Waals surface area contributed by atoms with Gasteiger partial charge in [0.2, 0.25) is 0 Å². The first-order valence-corrected chi connectivity index (χ1v) is 4.52. The zero-order valence-corrected chi connectivity index (χ0v) is 7.46. The van der Waals surface area contributed by atoms with Gasteiger partial charge in [-0.05, 0) is 13.8 Å². The van der Waals surface area contributed by atoms with E-state index in [1.807, 2.05) is 0 Å². The lowest BCUT2D eigenvalue weighted by Gasteiger charge is -2.14. The third-order valence-corrected chi connectivity index (χ3v) is 2.08. The van der Waals surface area contributed by atoms with E-state index in [1.165, 1.54) is 21.0 Å². The molecule has 6 heteroatoms. The Hall–Kier alpha value is -0.170. The van der Waals surface area contributed by atoms with Gasteiger partial charge in [0.25, 0.3) is 10.1 Å². The Labute approximate surface area is 66.1 Å². The molecule has 2 unspecified atom stereocenters. The van der Waals surface area contributed by atoms with Gasteiger partial charge < -0.3 is 9.47 Å². The molecule has 11 heavy (non-hydrogen) atoms. The normalized spacial score (nSPS) is 17.8. The van der Waals surface area contributed by atoms with Gasteiger partial charge in [0, 0.05) is 7.11 Å². The Morgan fingerprint density at radius 1 is 1.36 bits per heavy atom. The summed E-state index contributed by atoms with van der Waals surface area (Å²) in [6, 6.07) is 0. The van der Waals surface area contributed by atoms with E-state index in [-0.39, 0.29) is 0 Å². The number of ether oxygens (including phenoxy) is 2. The minimum Gasteiger partial charge on any atom is -0.356 e. The van der Waals surface area contributed by atoms with Crippen molar-refractivity contribution < 1.29 is 22.4 Å². The zero-order valence-electron chi connectivity index (χ0n) is 6.64. The Bertz CT molecular complexity index is 197. The standard InChI is InChI=1S/C5H12O5S/c1-4(9-3)10-5(2)11(6,7)8/h4-5H,1-3H3,(H,6,7,8). The number of hydrogen-bond donors (Lipinski definition) is 1. The molecule has 0 fully saturated rings. The van der Waals surface area contributed by atoms with Gasteiger partial charge >= 0.3 is 0 Å². The van der Waals surface area contributed by atoms with E-state index in [2.05, 4.69) is 4.74 Å². The second-order valence-corrected chi connectivity index (χ2v) is 3.72. The van der Waals surface area contributed by atoms with Crippen LogP contribution in [-0.4, -0.2) is 31.8 Å². The van der Waals surface area contributed by atoms with Gasteiger partial charge in [-0.1, -0.05) is 0 Å². The molecule has 0 rings (SSSR count). The van der Waals surface area contributed by atoms with Crippen LogP contribution in [0.2, 0.25) is 0 Å². The van der Waals surface area contributed by atoms with E-state index >= 15 is 0 Å². The molecule has 0 amide bonds. The maximum absolute atomic E-state index is 10.4. The Morgan fingerprint density at radius 3 is 2.09 bits per heavy atom. The molecule has 68 valence electrons. The molecule has 5 nitrogen and oxygen atoms in total. The summed E-state index contributed by atoms with van der Waals surface area (Å²) in [5, 5.41) is 0. The van der Waals surface area contributed by atoms with Crippen molar-refractivity contribution in [1.29, 1.82) is 0 Å². The molecule has 1 N–H and O–H groups in total. The molecule has 0 aliphatic carbocycles. The SMILES string of the molecule is COC(C)OC(C)S(=O)(=O)O. The summed E-state index contributed by atoms with van der Waals surface area (Å²) in [5.41, 5.74) is -1.25. The van der Waals surface area contributed by atoms with Gasteiger partial charge in [-0.25, -0.2) is 0 Å². The Morgan fingerprint density at radius 2 is 1.82 bits per heavy atom. The van der Waals surface area contributed by atoms with E-state index in [0.29, 0.717) is 0 Å². The molecule has 2 atom stereocenters. The second-order valence-electron chi connectivity index (χ2n) is 2.02. The summed E-state index contributed by atoms with van der Waals surface area (Å²) >= 11 is 0. The highest BCUT2D eigenvalue weighted by Crippen LogP contribution is 2.03. The van der Waals surface area contributed by atoms with E-state index in [0.717, 1.165) is 0 Å². The van der Waals surface area contributed by atoms with Crippen LogP contribution in [0.4, 0.5) is 0 Å². The quantitative estimate of drug-likeness (QED) is 0.500. The average molecular weight is 184 g/mol. The van der Waals surface area contributed by atoms with E-state index in [1.54, 1.807) is 0 Å². The fourth-order valence-corrected chi connectivity index (χ4v) is 0.693. The van der Waals surface area contributed by atoms with E-state index in [9.17, 15) is 8.42 Å². The minimum absolute atomic E-state index is 0.646. The van der Waals surface area contributed by atoms with E-state index < -0.39 is 21.8 Å². The van der Waals surface area contributed by atoms with Crippen LogP contribution in [0.3, 0.4) is 0 Å². The van der Waals surface area contributed by atoms with Crippen LogP contribution in [-0.2, 0) is 19.6 Å². The number of methoxy groups -OCH3 is 1. The van der Waals surface area contributed by atoms with Crippen LogP contribution >= 0.6 is 0 Å². The maximum atomic E-state index is 10.4. The fourth-order valence-electron chi connectivity index (χ4n) is 0.396. The second kappa shape index (κ2) is 4.01. The predicted octanol–water partition coefficient (Wildman–Crippen LogP) is 0.229. The van der Waals surface area contributed by atoms with Gasteiger partial charge in [-0.3, -0.25) is 4.55 Å². The molecular weight excluding hydrogens is 172 g/mol. The molecule has 0 saturated carbocycles. The minimum atomic E-state index is -4.11. The molecule has 0 aliphatic heterocycles. The van der Waals surface area contributed by atoms with Crippen LogP contribution in [0.5, 0.6) is 0 Å². The van der Waals surface area contributed by atoms with Crippen LogP contribution in [0, 0.1) is 0 Å². The molecule has 0 radical (unpaired) electrons. The van der Waals surface area contributed by atoms with Crippen molar-refractivity contribution in [1.82, 2.24) is 0 Å². The number of hydrogen-bond acceptors (Lipinski definition) is 4. The van der Waals surface area contributed by atoms with Crippen molar-refractivity contribution in [3.63, 3.8) is 0 Å². The third kappa shape index (κ3) is 4.31. The van der Waals surface area contributed by atoms with Crippen molar-refractivity contribution >= 4 is 10.1 Å². The first-order chi connectivity index (χ1) is 4.88. The molecule has 0 aromatic carbocycles. The van der Waals surface area contributed by atoms with Crippen LogP contribution in [0.1, 0.15) is 13.8 Å². The van der Waals surface area contributed by atoms with Crippen molar-refractivity contribution in [2.45, 2.75) is 25.6 Å². The smallest absolute Gasteiger partial charge is 0.292 e. The number of rotatable bonds is 4. The largest absolute Gasteiger partial charge is 0.356 e. The van der Waals surface area contributed by atoms with Gasteiger partial charge in [-0.2, -0.15) is 8.42 Å². The zero-order chi connectivity index (χ0) is 9.07. The van der Waals surface area contributed by atoms with Gasteiger partial charge in [0.1, 0.15) is 0 Å².